The summed E-state index contributed by atoms with van der Waals surface area (Å²) in [6.45, 7) is 0.362. The Hall–Kier alpha value is -1.38. The summed E-state index contributed by atoms with van der Waals surface area (Å²) in [6.07, 6.45) is 3.47. The van der Waals surface area contributed by atoms with Crippen LogP contribution in [-0.2, 0) is 17.1 Å². The first-order chi connectivity index (χ1) is 10.5. The van der Waals surface area contributed by atoms with Gasteiger partial charge < -0.3 is 0 Å². The van der Waals surface area contributed by atoms with E-state index in [0.29, 0.717) is 18.1 Å². The van der Waals surface area contributed by atoms with Crippen LogP contribution in [0.4, 0.5) is 4.39 Å². The molecule has 2 aromatic rings. The molecule has 8 heteroatoms. The summed E-state index contributed by atoms with van der Waals surface area (Å²) >= 11 is 1.69. The highest BCUT2D eigenvalue weighted by molar-refractivity contribution is 7.99. The highest BCUT2D eigenvalue weighted by Gasteiger charge is 2.36. The predicted molar refractivity (Wildman–Crippen MR) is 83.6 cm³/mol. The largest absolute Gasteiger partial charge is 0.275 e. The Kier molecular flexibility index (Phi) is 4.24. The maximum atomic E-state index is 13.9. The van der Waals surface area contributed by atoms with Crippen LogP contribution in [0.1, 0.15) is 11.6 Å². The SMILES string of the molecule is Cn1cc(C2CSCCN2S(=O)(=O)c2ccccc2F)cn1. The first-order valence-corrected chi connectivity index (χ1v) is 9.42. The molecular weight excluding hydrogens is 325 g/mol. The second-order valence-electron chi connectivity index (χ2n) is 5.08. The van der Waals surface area contributed by atoms with Gasteiger partial charge in [-0.1, -0.05) is 12.1 Å². The maximum Gasteiger partial charge on any atom is 0.246 e. The van der Waals surface area contributed by atoms with Gasteiger partial charge in [0.05, 0.1) is 12.2 Å². The summed E-state index contributed by atoms with van der Waals surface area (Å²) in [4.78, 5) is -0.268. The van der Waals surface area contributed by atoms with Gasteiger partial charge in [-0.3, -0.25) is 4.68 Å². The minimum atomic E-state index is -3.87. The summed E-state index contributed by atoms with van der Waals surface area (Å²) in [7, 11) is -2.09. The Morgan fingerprint density at radius 3 is 2.82 bits per heavy atom. The van der Waals surface area contributed by atoms with E-state index in [2.05, 4.69) is 5.10 Å². The van der Waals surface area contributed by atoms with E-state index in [0.717, 1.165) is 5.56 Å². The standard InChI is InChI=1S/C14H16FN3O2S2/c1-17-9-11(8-16-17)13-10-21-7-6-18(13)22(19,20)14-5-3-2-4-12(14)15/h2-5,8-9,13H,6-7,10H2,1H3. The fraction of sp³-hybridized carbons (Fsp3) is 0.357. The van der Waals surface area contributed by atoms with E-state index in [1.54, 1.807) is 35.9 Å². The molecule has 1 aliphatic heterocycles. The number of hydrogen-bond acceptors (Lipinski definition) is 4. The topological polar surface area (TPSA) is 55.2 Å². The Labute approximate surface area is 133 Å². The lowest BCUT2D eigenvalue weighted by Crippen LogP contribution is -2.40. The van der Waals surface area contributed by atoms with Crippen LogP contribution in [0, 0.1) is 5.82 Å². The molecule has 1 saturated heterocycles. The number of rotatable bonds is 3. The van der Waals surface area contributed by atoms with Crippen LogP contribution in [0.3, 0.4) is 0 Å². The van der Waals surface area contributed by atoms with Crippen molar-refractivity contribution in [3.8, 4) is 0 Å². The monoisotopic (exact) mass is 341 g/mol. The van der Waals surface area contributed by atoms with Crippen LogP contribution in [0.5, 0.6) is 0 Å². The van der Waals surface area contributed by atoms with Crippen molar-refractivity contribution in [2.75, 3.05) is 18.1 Å². The molecule has 118 valence electrons. The summed E-state index contributed by atoms with van der Waals surface area (Å²) < 4.78 is 42.7. The third-order valence-electron chi connectivity index (χ3n) is 3.61. The molecule has 0 N–H and O–H groups in total. The van der Waals surface area contributed by atoms with Gasteiger partial charge in [0, 0.05) is 36.9 Å². The van der Waals surface area contributed by atoms with Crippen LogP contribution < -0.4 is 0 Å². The second-order valence-corrected chi connectivity index (χ2v) is 8.09. The van der Waals surface area contributed by atoms with Gasteiger partial charge in [0.15, 0.2) is 0 Å². The molecule has 2 heterocycles. The predicted octanol–water partition coefficient (Wildman–Crippen LogP) is 2.04. The average Bonchev–Trinajstić information content (AvgIpc) is 2.94. The van der Waals surface area contributed by atoms with Crippen molar-refractivity contribution in [2.24, 2.45) is 7.05 Å². The summed E-state index contributed by atoms with van der Waals surface area (Å²) in [5.74, 6) is 0.620. The molecule has 1 aliphatic rings. The lowest BCUT2D eigenvalue weighted by atomic mass is 10.2. The molecule has 3 rings (SSSR count). The van der Waals surface area contributed by atoms with E-state index in [1.807, 2.05) is 0 Å². The molecule has 1 aromatic heterocycles. The quantitative estimate of drug-likeness (QED) is 0.857. The molecule has 1 unspecified atom stereocenters. The molecular formula is C14H16FN3O2S2. The molecule has 0 saturated carbocycles. The number of aryl methyl sites for hydroxylation is 1. The summed E-state index contributed by atoms with van der Waals surface area (Å²) in [5.41, 5.74) is 0.828. The van der Waals surface area contributed by atoms with Gasteiger partial charge >= 0.3 is 0 Å². The minimum Gasteiger partial charge on any atom is -0.275 e. The van der Waals surface area contributed by atoms with Crippen LogP contribution in [0.2, 0.25) is 0 Å². The van der Waals surface area contributed by atoms with Gasteiger partial charge in [0.2, 0.25) is 10.0 Å². The molecule has 0 radical (unpaired) electrons. The van der Waals surface area contributed by atoms with Crippen molar-refractivity contribution in [3.63, 3.8) is 0 Å². The minimum absolute atomic E-state index is 0.268. The van der Waals surface area contributed by atoms with Crippen LogP contribution in [0.25, 0.3) is 0 Å². The highest BCUT2D eigenvalue weighted by atomic mass is 32.2. The van der Waals surface area contributed by atoms with E-state index in [-0.39, 0.29) is 10.9 Å². The molecule has 1 aromatic carbocycles. The summed E-state index contributed by atoms with van der Waals surface area (Å²) in [6, 6.07) is 5.18. The highest BCUT2D eigenvalue weighted by Crippen LogP contribution is 2.34. The fourth-order valence-electron chi connectivity index (χ4n) is 2.53. The van der Waals surface area contributed by atoms with E-state index in [9.17, 15) is 12.8 Å². The smallest absolute Gasteiger partial charge is 0.246 e. The van der Waals surface area contributed by atoms with Crippen molar-refractivity contribution in [3.05, 3.63) is 48.0 Å². The fourth-order valence-corrected chi connectivity index (χ4v) is 5.51. The van der Waals surface area contributed by atoms with Crippen LogP contribution in [-0.4, -0.2) is 40.6 Å². The zero-order valence-corrected chi connectivity index (χ0v) is 13.6. The number of benzene rings is 1. The maximum absolute atomic E-state index is 13.9. The van der Waals surface area contributed by atoms with Crippen molar-refractivity contribution in [1.82, 2.24) is 14.1 Å². The molecule has 0 amide bonds. The Morgan fingerprint density at radius 2 is 2.14 bits per heavy atom. The van der Waals surface area contributed by atoms with E-state index < -0.39 is 15.8 Å². The van der Waals surface area contributed by atoms with E-state index >= 15 is 0 Å². The van der Waals surface area contributed by atoms with Gasteiger partial charge in [-0.25, -0.2) is 12.8 Å². The third-order valence-corrected chi connectivity index (χ3v) is 6.58. The zero-order valence-electron chi connectivity index (χ0n) is 12.0. The van der Waals surface area contributed by atoms with Gasteiger partial charge in [0.25, 0.3) is 0 Å². The number of aromatic nitrogens is 2. The molecule has 5 nitrogen and oxygen atoms in total. The van der Waals surface area contributed by atoms with E-state index in [1.165, 1.54) is 28.6 Å². The first kappa shape index (κ1) is 15.5. The zero-order chi connectivity index (χ0) is 15.7. The number of nitrogens with zero attached hydrogens (tertiary/aromatic N) is 3. The molecule has 0 aliphatic carbocycles. The van der Waals surface area contributed by atoms with Gasteiger partial charge in [-0.2, -0.15) is 21.2 Å². The van der Waals surface area contributed by atoms with Gasteiger partial charge in [-0.05, 0) is 12.1 Å². The van der Waals surface area contributed by atoms with Gasteiger partial charge in [0.1, 0.15) is 10.7 Å². The number of hydrogen-bond donors (Lipinski definition) is 0. The number of thioether (sulfide) groups is 1. The van der Waals surface area contributed by atoms with Crippen molar-refractivity contribution in [1.29, 1.82) is 0 Å². The Bertz CT molecular complexity index is 776. The van der Waals surface area contributed by atoms with Gasteiger partial charge in [-0.15, -0.1) is 0 Å². The number of halogens is 1. The molecule has 1 fully saturated rings. The Morgan fingerprint density at radius 1 is 1.36 bits per heavy atom. The van der Waals surface area contributed by atoms with E-state index in [4.69, 9.17) is 0 Å². The molecule has 0 bridgehead atoms. The molecule has 0 spiro atoms. The van der Waals surface area contributed by atoms with Crippen molar-refractivity contribution in [2.45, 2.75) is 10.9 Å². The van der Waals surface area contributed by atoms with Crippen molar-refractivity contribution >= 4 is 21.8 Å². The summed E-state index contributed by atoms with van der Waals surface area (Å²) in [5, 5.41) is 4.11. The Balaban J connectivity index is 2.02. The normalized spacial score (nSPS) is 20.2. The molecule has 22 heavy (non-hydrogen) atoms. The lowest BCUT2D eigenvalue weighted by molar-refractivity contribution is 0.353. The average molecular weight is 341 g/mol. The van der Waals surface area contributed by atoms with Crippen molar-refractivity contribution < 1.29 is 12.8 Å². The second kappa shape index (κ2) is 6.02. The lowest BCUT2D eigenvalue weighted by Gasteiger charge is -2.33. The molecule has 1 atom stereocenters. The van der Waals surface area contributed by atoms with Crippen LogP contribution >= 0.6 is 11.8 Å². The van der Waals surface area contributed by atoms with Crippen LogP contribution in [0.15, 0.2) is 41.6 Å². The first-order valence-electron chi connectivity index (χ1n) is 6.83. The third kappa shape index (κ3) is 2.78. The number of sulfonamides is 1.